The van der Waals surface area contributed by atoms with E-state index >= 15 is 0 Å². The van der Waals surface area contributed by atoms with Gasteiger partial charge in [0.2, 0.25) is 0 Å². The fraction of sp³-hybridized carbons (Fsp3) is 0.360. The molecule has 14 heteroatoms. The second-order valence-corrected chi connectivity index (χ2v) is 9.64. The summed E-state index contributed by atoms with van der Waals surface area (Å²) < 4.78 is 26.5. The SMILES string of the molecule is CO[C@@H]1OC(CO)[C@H](O)[C@H](OCc2cn(-c3ccc(Cl)cc3)nn2)C1OCc1cn(-c2ccc(Cl)cc2)nn1. The lowest BCUT2D eigenvalue weighted by molar-refractivity contribution is -0.314. The number of aromatic nitrogens is 6. The number of halogens is 2. The van der Waals surface area contributed by atoms with Crippen LogP contribution in [0.1, 0.15) is 11.4 Å². The number of ether oxygens (including phenoxy) is 4. The van der Waals surface area contributed by atoms with E-state index in [9.17, 15) is 10.2 Å². The lowest BCUT2D eigenvalue weighted by Crippen LogP contribution is -2.60. The molecule has 2 aromatic heterocycles. The third-order valence-corrected chi connectivity index (χ3v) is 6.65. The molecule has 0 saturated carbocycles. The molecule has 0 amide bonds. The number of methoxy groups -OCH3 is 1. The fourth-order valence-corrected chi connectivity index (χ4v) is 4.38. The zero-order valence-corrected chi connectivity index (χ0v) is 22.3. The van der Waals surface area contributed by atoms with Crippen LogP contribution in [0.3, 0.4) is 0 Å². The largest absolute Gasteiger partial charge is 0.394 e. The Hall–Kier alpha value is -2.94. The van der Waals surface area contributed by atoms with E-state index in [1.54, 1.807) is 46.0 Å². The fourth-order valence-electron chi connectivity index (χ4n) is 4.13. The van der Waals surface area contributed by atoms with Gasteiger partial charge in [-0.3, -0.25) is 0 Å². The summed E-state index contributed by atoms with van der Waals surface area (Å²) in [7, 11) is 1.44. The van der Waals surface area contributed by atoms with Gasteiger partial charge in [0, 0.05) is 17.2 Å². The predicted octanol–water partition coefficient (Wildman–Crippen LogP) is 2.35. The Balaban J connectivity index is 1.28. The first-order chi connectivity index (χ1) is 18.9. The summed E-state index contributed by atoms with van der Waals surface area (Å²) >= 11 is 11.9. The smallest absolute Gasteiger partial charge is 0.186 e. The molecule has 4 aromatic rings. The number of aliphatic hydroxyl groups excluding tert-OH is 2. The van der Waals surface area contributed by atoms with Crippen molar-refractivity contribution in [2.45, 2.75) is 43.9 Å². The van der Waals surface area contributed by atoms with Crippen LogP contribution in [0.5, 0.6) is 0 Å². The van der Waals surface area contributed by atoms with Crippen molar-refractivity contribution >= 4 is 23.2 Å². The highest BCUT2D eigenvalue weighted by molar-refractivity contribution is 6.30. The zero-order valence-electron chi connectivity index (χ0n) is 20.7. The van der Waals surface area contributed by atoms with Gasteiger partial charge in [0.1, 0.15) is 35.8 Å². The number of hydrogen-bond acceptors (Lipinski definition) is 10. The number of nitrogens with zero attached hydrogens (tertiary/aromatic N) is 6. The Morgan fingerprint density at radius 3 is 1.77 bits per heavy atom. The molecule has 12 nitrogen and oxygen atoms in total. The lowest BCUT2D eigenvalue weighted by atomic mass is 9.98. The van der Waals surface area contributed by atoms with Crippen LogP contribution in [0.4, 0.5) is 0 Å². The van der Waals surface area contributed by atoms with Crippen molar-refractivity contribution in [2.75, 3.05) is 13.7 Å². The Morgan fingerprint density at radius 2 is 1.31 bits per heavy atom. The minimum Gasteiger partial charge on any atom is -0.394 e. The van der Waals surface area contributed by atoms with E-state index < -0.39 is 37.3 Å². The molecule has 0 spiro atoms. The molecule has 0 aliphatic carbocycles. The number of rotatable bonds is 10. The molecule has 5 atom stereocenters. The third-order valence-electron chi connectivity index (χ3n) is 6.14. The first-order valence-corrected chi connectivity index (χ1v) is 12.8. The van der Waals surface area contributed by atoms with Crippen LogP contribution in [0.15, 0.2) is 60.9 Å². The molecule has 2 N–H and O–H groups in total. The van der Waals surface area contributed by atoms with Gasteiger partial charge in [0.05, 0.1) is 43.6 Å². The van der Waals surface area contributed by atoms with Crippen molar-refractivity contribution in [3.63, 3.8) is 0 Å². The quantitative estimate of drug-likeness (QED) is 0.289. The monoisotopic (exact) mass is 576 g/mol. The molecule has 1 fully saturated rings. The summed E-state index contributed by atoms with van der Waals surface area (Å²) in [5.74, 6) is 0. The molecule has 1 aliphatic rings. The minimum absolute atomic E-state index is 0.0104. The van der Waals surface area contributed by atoms with Gasteiger partial charge in [0.25, 0.3) is 0 Å². The van der Waals surface area contributed by atoms with Gasteiger partial charge >= 0.3 is 0 Å². The van der Waals surface area contributed by atoms with Gasteiger partial charge in [-0.15, -0.1) is 10.2 Å². The van der Waals surface area contributed by atoms with Gasteiger partial charge in [-0.2, -0.15) is 0 Å². The van der Waals surface area contributed by atoms with Crippen LogP contribution in [0.25, 0.3) is 11.4 Å². The third kappa shape index (κ3) is 6.45. The molecule has 39 heavy (non-hydrogen) atoms. The second kappa shape index (κ2) is 12.5. The topological polar surface area (TPSA) is 139 Å². The number of benzene rings is 2. The molecule has 2 unspecified atom stereocenters. The Morgan fingerprint density at radius 1 is 0.821 bits per heavy atom. The molecule has 1 saturated heterocycles. The number of hydrogen-bond donors (Lipinski definition) is 2. The summed E-state index contributed by atoms with van der Waals surface area (Å²) in [5, 5.41) is 38.5. The van der Waals surface area contributed by atoms with Gasteiger partial charge in [-0.25, -0.2) is 9.36 Å². The molecule has 0 bridgehead atoms. The van der Waals surface area contributed by atoms with Gasteiger partial charge in [-0.1, -0.05) is 33.6 Å². The summed E-state index contributed by atoms with van der Waals surface area (Å²) in [6.07, 6.45) is -1.43. The van der Waals surface area contributed by atoms with E-state index in [1.807, 2.05) is 24.3 Å². The average molecular weight is 577 g/mol. The highest BCUT2D eigenvalue weighted by Crippen LogP contribution is 2.28. The van der Waals surface area contributed by atoms with Crippen molar-refractivity contribution < 1.29 is 29.2 Å². The van der Waals surface area contributed by atoms with Gasteiger partial charge in [-0.05, 0) is 48.5 Å². The number of aliphatic hydroxyl groups is 2. The molecule has 1 aliphatic heterocycles. The minimum atomic E-state index is -1.21. The van der Waals surface area contributed by atoms with Crippen LogP contribution >= 0.6 is 23.2 Å². The van der Waals surface area contributed by atoms with Crippen LogP contribution in [0.2, 0.25) is 10.0 Å². The van der Waals surface area contributed by atoms with Crippen molar-refractivity contribution in [1.82, 2.24) is 30.0 Å². The van der Waals surface area contributed by atoms with E-state index in [-0.39, 0.29) is 13.2 Å². The Labute approximate surface area is 233 Å². The van der Waals surface area contributed by atoms with Gasteiger partial charge < -0.3 is 29.2 Å². The van der Waals surface area contributed by atoms with E-state index in [2.05, 4.69) is 20.6 Å². The van der Waals surface area contributed by atoms with E-state index in [0.717, 1.165) is 11.4 Å². The molecule has 5 rings (SSSR count). The van der Waals surface area contributed by atoms with Crippen molar-refractivity contribution in [3.8, 4) is 11.4 Å². The molecular formula is C25H26Cl2N6O6. The second-order valence-electron chi connectivity index (χ2n) is 8.76. The molecule has 0 radical (unpaired) electrons. The van der Waals surface area contributed by atoms with E-state index in [1.165, 1.54) is 7.11 Å². The van der Waals surface area contributed by atoms with Crippen LogP contribution < -0.4 is 0 Å². The van der Waals surface area contributed by atoms with Crippen molar-refractivity contribution in [3.05, 3.63) is 82.4 Å². The van der Waals surface area contributed by atoms with Crippen LogP contribution in [0, 0.1) is 0 Å². The first kappa shape index (κ1) is 27.6. The normalized spacial score (nSPS) is 23.3. The van der Waals surface area contributed by atoms with Gasteiger partial charge in [0.15, 0.2) is 6.29 Å². The highest BCUT2D eigenvalue weighted by atomic mass is 35.5. The zero-order chi connectivity index (χ0) is 27.4. The van der Waals surface area contributed by atoms with Crippen LogP contribution in [-0.4, -0.2) is 84.6 Å². The van der Waals surface area contributed by atoms with E-state index in [0.29, 0.717) is 21.4 Å². The lowest BCUT2D eigenvalue weighted by Gasteiger charge is -2.43. The van der Waals surface area contributed by atoms with Crippen molar-refractivity contribution in [2.24, 2.45) is 0 Å². The maximum absolute atomic E-state index is 10.9. The Kier molecular flexibility index (Phi) is 8.85. The first-order valence-electron chi connectivity index (χ1n) is 12.0. The molecule has 3 heterocycles. The summed E-state index contributed by atoms with van der Waals surface area (Å²) in [6.45, 7) is -0.392. The maximum Gasteiger partial charge on any atom is 0.186 e. The summed E-state index contributed by atoms with van der Waals surface area (Å²) in [4.78, 5) is 0. The summed E-state index contributed by atoms with van der Waals surface area (Å²) in [5.41, 5.74) is 2.60. The average Bonchev–Trinajstić information content (AvgIpc) is 3.62. The molecular weight excluding hydrogens is 551 g/mol. The van der Waals surface area contributed by atoms with Crippen molar-refractivity contribution in [1.29, 1.82) is 0 Å². The Bertz CT molecular complexity index is 1350. The predicted molar refractivity (Wildman–Crippen MR) is 139 cm³/mol. The maximum atomic E-state index is 10.9. The molecule has 206 valence electrons. The summed E-state index contributed by atoms with van der Waals surface area (Å²) in [6, 6.07) is 14.3. The molecule has 2 aromatic carbocycles. The highest BCUT2D eigenvalue weighted by Gasteiger charge is 2.47. The van der Waals surface area contributed by atoms with E-state index in [4.69, 9.17) is 42.1 Å². The standard InChI is InChI=1S/C25H26Cl2N6O6/c1-36-25-24(38-14-18-11-33(31-29-18)20-8-4-16(27)5-9-20)23(22(35)21(12-34)39-25)37-13-17-10-32(30-28-17)19-6-2-15(26)3-7-19/h2-11,21-25,34-35H,12-14H2,1H3/t21?,22-,23-,24?,25+/m0/s1. The van der Waals surface area contributed by atoms with Crippen LogP contribution in [-0.2, 0) is 32.2 Å².